The second kappa shape index (κ2) is 5.61. The predicted octanol–water partition coefficient (Wildman–Crippen LogP) is 3.88. The maximum absolute atomic E-state index is 12.6. The summed E-state index contributed by atoms with van der Waals surface area (Å²) in [6, 6.07) is 17.4. The molecular weight excluding hydrogens is 342 g/mol. The highest BCUT2D eigenvalue weighted by atomic mass is 32.2. The summed E-state index contributed by atoms with van der Waals surface area (Å²) in [5.41, 5.74) is 3.00. The summed E-state index contributed by atoms with van der Waals surface area (Å²) in [4.78, 5) is 13.8. The van der Waals surface area contributed by atoms with E-state index in [1.54, 1.807) is 11.8 Å². The molecule has 4 aliphatic rings. The Labute approximate surface area is 158 Å². The van der Waals surface area contributed by atoms with Crippen molar-refractivity contribution in [3.63, 3.8) is 0 Å². The van der Waals surface area contributed by atoms with Crippen molar-refractivity contribution >= 4 is 17.7 Å². The summed E-state index contributed by atoms with van der Waals surface area (Å²) in [5, 5.41) is 13.8. The van der Waals surface area contributed by atoms with Crippen LogP contribution in [0.25, 0.3) is 0 Å². The van der Waals surface area contributed by atoms with Gasteiger partial charge in [-0.05, 0) is 47.9 Å². The Hall–Kier alpha value is -1.78. The number of thioether (sulfide) groups is 1. The quantitative estimate of drug-likeness (QED) is 0.811. The predicted molar refractivity (Wildman–Crippen MR) is 104 cm³/mol. The van der Waals surface area contributed by atoms with Crippen LogP contribution in [0.5, 0.6) is 0 Å². The van der Waals surface area contributed by atoms with Crippen LogP contribution in [-0.2, 0) is 10.2 Å². The molecule has 4 atom stereocenters. The van der Waals surface area contributed by atoms with E-state index in [0.29, 0.717) is 6.54 Å². The fourth-order valence-electron chi connectivity index (χ4n) is 6.24. The zero-order valence-electron chi connectivity index (χ0n) is 14.9. The summed E-state index contributed by atoms with van der Waals surface area (Å²) < 4.78 is 0. The van der Waals surface area contributed by atoms with Crippen molar-refractivity contribution < 1.29 is 9.90 Å². The highest BCUT2D eigenvalue weighted by Crippen LogP contribution is 2.67. The standard InChI is InChI=1S/C22H23NO2S/c1-26-15-8-6-14(7-9-15)21-11-10-18(16-4-2-3-5-17(16)21)22(20(24)25)13-23-12-19(21)22/h2-9,18-19,23H,10-13H2,1H3,(H,24,25). The SMILES string of the molecule is CSc1ccc(C23CCC(c4ccccc42)C2(C(=O)O)CNCC32)cc1. The first-order valence-corrected chi connectivity index (χ1v) is 10.5. The Bertz CT molecular complexity index is 880. The molecular formula is C22H23NO2S. The summed E-state index contributed by atoms with van der Waals surface area (Å²) in [6.07, 6.45) is 4.07. The molecule has 2 N–H and O–H groups in total. The number of rotatable bonds is 3. The Kier molecular flexibility index (Phi) is 3.54. The second-order valence-electron chi connectivity index (χ2n) is 7.91. The molecule has 0 amide bonds. The van der Waals surface area contributed by atoms with Gasteiger partial charge in [0.1, 0.15) is 0 Å². The van der Waals surface area contributed by atoms with Gasteiger partial charge in [-0.3, -0.25) is 4.79 Å². The van der Waals surface area contributed by atoms with Crippen molar-refractivity contribution in [2.24, 2.45) is 11.3 Å². The van der Waals surface area contributed by atoms with Crippen molar-refractivity contribution in [3.05, 3.63) is 65.2 Å². The van der Waals surface area contributed by atoms with Gasteiger partial charge < -0.3 is 10.4 Å². The Morgan fingerprint density at radius 2 is 1.96 bits per heavy atom. The van der Waals surface area contributed by atoms with Crippen LogP contribution in [0.1, 0.15) is 35.4 Å². The molecule has 6 rings (SSSR count). The molecule has 2 aromatic rings. The highest BCUT2D eigenvalue weighted by Gasteiger charge is 2.68. The first-order chi connectivity index (χ1) is 12.6. The van der Waals surface area contributed by atoms with Crippen LogP contribution >= 0.6 is 11.8 Å². The molecule has 0 spiro atoms. The summed E-state index contributed by atoms with van der Waals surface area (Å²) in [6.45, 7) is 1.36. The molecule has 4 unspecified atom stereocenters. The van der Waals surface area contributed by atoms with E-state index in [4.69, 9.17) is 0 Å². The molecule has 26 heavy (non-hydrogen) atoms. The number of carboxylic acids is 1. The van der Waals surface area contributed by atoms with E-state index in [0.717, 1.165) is 19.4 Å². The lowest BCUT2D eigenvalue weighted by Gasteiger charge is -2.59. The number of hydrogen-bond acceptors (Lipinski definition) is 3. The zero-order valence-corrected chi connectivity index (χ0v) is 15.7. The smallest absolute Gasteiger partial charge is 0.311 e. The van der Waals surface area contributed by atoms with Crippen molar-refractivity contribution in [2.75, 3.05) is 19.3 Å². The van der Waals surface area contributed by atoms with Gasteiger partial charge in [-0.25, -0.2) is 0 Å². The second-order valence-corrected chi connectivity index (χ2v) is 8.79. The zero-order chi connectivity index (χ0) is 17.9. The third kappa shape index (κ3) is 1.82. The molecule has 0 aromatic heterocycles. The van der Waals surface area contributed by atoms with Crippen LogP contribution in [0.15, 0.2) is 53.4 Å². The van der Waals surface area contributed by atoms with Crippen LogP contribution < -0.4 is 5.32 Å². The van der Waals surface area contributed by atoms with Crippen LogP contribution in [0.3, 0.4) is 0 Å². The fourth-order valence-corrected chi connectivity index (χ4v) is 6.65. The van der Waals surface area contributed by atoms with E-state index in [9.17, 15) is 9.90 Å². The first kappa shape index (κ1) is 16.4. The number of benzene rings is 2. The molecule has 0 radical (unpaired) electrons. The lowest BCUT2D eigenvalue weighted by molar-refractivity contribution is -0.157. The maximum Gasteiger partial charge on any atom is 0.311 e. The van der Waals surface area contributed by atoms with Gasteiger partial charge in [0, 0.05) is 35.2 Å². The number of carbonyl (C=O) groups is 1. The minimum atomic E-state index is -0.690. The van der Waals surface area contributed by atoms with Crippen molar-refractivity contribution in [1.82, 2.24) is 5.32 Å². The largest absolute Gasteiger partial charge is 0.481 e. The van der Waals surface area contributed by atoms with Crippen molar-refractivity contribution in [3.8, 4) is 0 Å². The van der Waals surface area contributed by atoms with E-state index in [1.807, 2.05) is 0 Å². The molecule has 1 aliphatic heterocycles. The molecule has 2 fully saturated rings. The summed E-state index contributed by atoms with van der Waals surface area (Å²) in [7, 11) is 0. The summed E-state index contributed by atoms with van der Waals surface area (Å²) >= 11 is 1.74. The lowest BCUT2D eigenvalue weighted by Crippen LogP contribution is -2.60. The van der Waals surface area contributed by atoms with E-state index < -0.39 is 11.4 Å². The van der Waals surface area contributed by atoms with Gasteiger partial charge in [0.25, 0.3) is 0 Å². The van der Waals surface area contributed by atoms with E-state index in [2.05, 4.69) is 60.1 Å². The van der Waals surface area contributed by atoms with Crippen LogP contribution in [0.4, 0.5) is 0 Å². The van der Waals surface area contributed by atoms with Gasteiger partial charge in [-0.2, -0.15) is 0 Å². The molecule has 4 heteroatoms. The number of fused-ring (bicyclic) bond motifs is 1. The molecule has 134 valence electrons. The third-order valence-electron chi connectivity index (χ3n) is 7.25. The molecule has 1 saturated heterocycles. The van der Waals surface area contributed by atoms with Crippen LogP contribution in [-0.4, -0.2) is 30.4 Å². The molecule has 2 bridgehead atoms. The number of hydrogen-bond donors (Lipinski definition) is 2. The molecule has 3 nitrogen and oxygen atoms in total. The fraction of sp³-hybridized carbons (Fsp3) is 0.409. The van der Waals surface area contributed by atoms with Gasteiger partial charge in [0.15, 0.2) is 0 Å². The minimum absolute atomic E-state index is 0.0984. The topological polar surface area (TPSA) is 49.3 Å². The van der Waals surface area contributed by atoms with Gasteiger partial charge in [-0.1, -0.05) is 36.4 Å². The molecule has 2 aromatic carbocycles. The highest BCUT2D eigenvalue weighted by molar-refractivity contribution is 7.98. The third-order valence-corrected chi connectivity index (χ3v) is 8.00. The van der Waals surface area contributed by atoms with Gasteiger partial charge in [0.2, 0.25) is 0 Å². The number of aliphatic carboxylic acids is 1. The monoisotopic (exact) mass is 365 g/mol. The number of nitrogens with one attached hydrogen (secondary N) is 1. The van der Waals surface area contributed by atoms with Gasteiger partial charge >= 0.3 is 5.97 Å². The van der Waals surface area contributed by atoms with E-state index in [-0.39, 0.29) is 17.3 Å². The Balaban J connectivity index is 1.80. The van der Waals surface area contributed by atoms with Crippen molar-refractivity contribution in [2.45, 2.75) is 29.1 Å². The van der Waals surface area contributed by atoms with Crippen molar-refractivity contribution in [1.29, 1.82) is 0 Å². The van der Waals surface area contributed by atoms with Crippen LogP contribution in [0, 0.1) is 11.3 Å². The normalized spacial score (nSPS) is 34.3. The lowest BCUT2D eigenvalue weighted by atomic mass is 9.42. The first-order valence-electron chi connectivity index (χ1n) is 9.32. The Morgan fingerprint density at radius 1 is 1.19 bits per heavy atom. The Morgan fingerprint density at radius 3 is 2.69 bits per heavy atom. The average molecular weight is 365 g/mol. The molecule has 1 heterocycles. The molecule has 3 aliphatic carbocycles. The van der Waals surface area contributed by atoms with E-state index in [1.165, 1.54) is 21.6 Å². The average Bonchev–Trinajstić information content (AvgIpc) is 3.16. The minimum Gasteiger partial charge on any atom is -0.481 e. The van der Waals surface area contributed by atoms with Gasteiger partial charge in [0.05, 0.1) is 5.41 Å². The maximum atomic E-state index is 12.6. The number of carboxylic acid groups (broad SMARTS) is 1. The summed E-state index contributed by atoms with van der Waals surface area (Å²) in [5.74, 6) is -0.415. The molecule has 1 saturated carbocycles. The van der Waals surface area contributed by atoms with E-state index >= 15 is 0 Å². The van der Waals surface area contributed by atoms with Gasteiger partial charge in [-0.15, -0.1) is 11.8 Å². The van der Waals surface area contributed by atoms with Crippen LogP contribution in [0.2, 0.25) is 0 Å².